The molecule has 1 atom stereocenters. The fraction of sp³-hybridized carbons (Fsp3) is 0.417. The Balaban J connectivity index is 3.23. The quantitative estimate of drug-likeness (QED) is 0.832. The van der Waals surface area contributed by atoms with E-state index in [9.17, 15) is 9.90 Å². The minimum absolute atomic E-state index is 0.0630. The first kappa shape index (κ1) is 15.3. The van der Waals surface area contributed by atoms with Crippen LogP contribution < -0.4 is 5.73 Å². The second kappa shape index (κ2) is 5.47. The van der Waals surface area contributed by atoms with E-state index in [4.69, 9.17) is 22.1 Å². The van der Waals surface area contributed by atoms with Gasteiger partial charge < -0.3 is 15.6 Å². The fourth-order valence-electron chi connectivity index (χ4n) is 1.58. The first-order chi connectivity index (χ1) is 8.23. The number of phenolic OH excluding ortho intramolecular Hbond substituents is 1. The van der Waals surface area contributed by atoms with Gasteiger partial charge in [0.2, 0.25) is 0 Å². The van der Waals surface area contributed by atoms with Crippen molar-refractivity contribution in [2.24, 2.45) is 11.1 Å². The molecule has 0 heterocycles. The molecular weight excluding hydrogens is 321 g/mol. The molecule has 0 saturated heterocycles. The van der Waals surface area contributed by atoms with Crippen LogP contribution in [-0.2, 0) is 9.53 Å². The Kier molecular flexibility index (Phi) is 4.64. The molecule has 0 aliphatic heterocycles. The average Bonchev–Trinajstić information content (AvgIpc) is 2.34. The molecule has 0 aromatic heterocycles. The first-order valence-corrected chi connectivity index (χ1v) is 6.41. The van der Waals surface area contributed by atoms with Crippen molar-refractivity contribution < 1.29 is 14.6 Å². The van der Waals surface area contributed by atoms with E-state index in [0.29, 0.717) is 15.1 Å². The van der Waals surface area contributed by atoms with E-state index in [1.165, 1.54) is 7.11 Å². The molecule has 0 amide bonds. The summed E-state index contributed by atoms with van der Waals surface area (Å²) in [6.45, 7) is 3.32. The van der Waals surface area contributed by atoms with E-state index < -0.39 is 17.4 Å². The van der Waals surface area contributed by atoms with Crippen molar-refractivity contribution in [1.82, 2.24) is 0 Å². The minimum Gasteiger partial charge on any atom is -0.506 e. The highest BCUT2D eigenvalue weighted by atomic mass is 79.9. The van der Waals surface area contributed by atoms with Gasteiger partial charge in [0.15, 0.2) is 0 Å². The highest BCUT2D eigenvalue weighted by Gasteiger charge is 2.38. The molecule has 0 aliphatic rings. The van der Waals surface area contributed by atoms with Crippen LogP contribution in [0.4, 0.5) is 0 Å². The van der Waals surface area contributed by atoms with Gasteiger partial charge in [0.05, 0.1) is 22.0 Å². The predicted octanol–water partition coefficient (Wildman–Crippen LogP) is 3.01. The Hall–Kier alpha value is -0.780. The monoisotopic (exact) mass is 335 g/mol. The van der Waals surface area contributed by atoms with Crippen molar-refractivity contribution >= 4 is 33.5 Å². The summed E-state index contributed by atoms with van der Waals surface area (Å²) >= 11 is 9.02. The summed E-state index contributed by atoms with van der Waals surface area (Å²) in [7, 11) is 1.30. The van der Waals surface area contributed by atoms with Crippen molar-refractivity contribution in [2.45, 2.75) is 19.9 Å². The molecule has 1 rings (SSSR count). The smallest absolute Gasteiger partial charge is 0.313 e. The van der Waals surface area contributed by atoms with Gasteiger partial charge in [0.1, 0.15) is 5.75 Å². The van der Waals surface area contributed by atoms with Crippen LogP contribution in [0.1, 0.15) is 25.5 Å². The number of carbonyl (C=O) groups is 1. The first-order valence-electron chi connectivity index (χ1n) is 5.24. The Labute approximate surface area is 119 Å². The van der Waals surface area contributed by atoms with Crippen LogP contribution in [0.5, 0.6) is 5.75 Å². The number of esters is 1. The summed E-state index contributed by atoms with van der Waals surface area (Å²) in [5.41, 5.74) is 5.52. The van der Waals surface area contributed by atoms with Gasteiger partial charge >= 0.3 is 5.97 Å². The Morgan fingerprint density at radius 3 is 2.61 bits per heavy atom. The maximum Gasteiger partial charge on any atom is 0.313 e. The van der Waals surface area contributed by atoms with Crippen LogP contribution in [0.2, 0.25) is 5.02 Å². The number of hydrogen-bond acceptors (Lipinski definition) is 4. The van der Waals surface area contributed by atoms with Gasteiger partial charge in [-0.3, -0.25) is 4.79 Å². The molecular formula is C12H15BrClNO3. The standard InChI is InChI=1S/C12H15BrClNO3/c1-12(2,11(17)18-3)10(15)6-4-5-7(14)8(13)9(6)16/h4-5,10,16H,15H2,1-3H3/t10-/m1/s1. The fourth-order valence-corrected chi connectivity index (χ4v) is 2.10. The molecule has 1 aromatic rings. The number of ether oxygens (including phenoxy) is 1. The zero-order valence-corrected chi connectivity index (χ0v) is 12.7. The maximum atomic E-state index is 11.7. The zero-order chi connectivity index (χ0) is 14.1. The Bertz CT molecular complexity index is 477. The lowest BCUT2D eigenvalue weighted by Crippen LogP contribution is -2.37. The third-order valence-corrected chi connectivity index (χ3v) is 4.27. The van der Waals surface area contributed by atoms with Crippen molar-refractivity contribution in [3.63, 3.8) is 0 Å². The van der Waals surface area contributed by atoms with Crippen molar-refractivity contribution in [2.75, 3.05) is 7.11 Å². The van der Waals surface area contributed by atoms with Gasteiger partial charge in [-0.25, -0.2) is 0 Å². The van der Waals surface area contributed by atoms with E-state index in [-0.39, 0.29) is 5.75 Å². The summed E-state index contributed by atoms with van der Waals surface area (Å²) in [4.78, 5) is 11.7. The van der Waals surface area contributed by atoms with Crippen LogP contribution in [0, 0.1) is 5.41 Å². The molecule has 0 aliphatic carbocycles. The molecule has 1 aromatic carbocycles. The third kappa shape index (κ3) is 2.63. The van der Waals surface area contributed by atoms with Crippen LogP contribution in [0.25, 0.3) is 0 Å². The number of aromatic hydroxyl groups is 1. The van der Waals surface area contributed by atoms with Crippen LogP contribution in [-0.4, -0.2) is 18.2 Å². The number of halogens is 2. The highest BCUT2D eigenvalue weighted by molar-refractivity contribution is 9.10. The second-order valence-electron chi connectivity index (χ2n) is 4.49. The number of methoxy groups -OCH3 is 1. The van der Waals surface area contributed by atoms with E-state index >= 15 is 0 Å². The molecule has 6 heteroatoms. The summed E-state index contributed by atoms with van der Waals surface area (Å²) in [6.07, 6.45) is 0. The molecule has 3 N–H and O–H groups in total. The lowest BCUT2D eigenvalue weighted by molar-refractivity contribution is -0.152. The number of phenols is 1. The molecule has 0 unspecified atom stereocenters. The van der Waals surface area contributed by atoms with Crippen LogP contribution in [0.3, 0.4) is 0 Å². The number of benzene rings is 1. The van der Waals surface area contributed by atoms with Crippen molar-refractivity contribution in [1.29, 1.82) is 0 Å². The summed E-state index contributed by atoms with van der Waals surface area (Å²) in [5, 5.41) is 10.4. The maximum absolute atomic E-state index is 11.7. The average molecular weight is 337 g/mol. The third-order valence-electron chi connectivity index (χ3n) is 2.92. The Morgan fingerprint density at radius 2 is 2.11 bits per heavy atom. The molecule has 100 valence electrons. The molecule has 0 fully saturated rings. The normalized spacial score (nSPS) is 13.2. The van der Waals surface area contributed by atoms with E-state index in [1.54, 1.807) is 26.0 Å². The van der Waals surface area contributed by atoms with Crippen molar-refractivity contribution in [3.8, 4) is 5.75 Å². The number of nitrogens with two attached hydrogens (primary N) is 1. The van der Waals surface area contributed by atoms with Crippen molar-refractivity contribution in [3.05, 3.63) is 27.2 Å². The molecule has 0 spiro atoms. The topological polar surface area (TPSA) is 72.5 Å². The number of carbonyl (C=O) groups excluding carboxylic acids is 1. The zero-order valence-electron chi connectivity index (χ0n) is 10.3. The minimum atomic E-state index is -0.959. The van der Waals surface area contributed by atoms with Gasteiger partial charge in [-0.05, 0) is 35.8 Å². The summed E-state index contributed by atoms with van der Waals surface area (Å²) in [6, 6.07) is 2.49. The SMILES string of the molecule is COC(=O)C(C)(C)[C@H](N)c1ccc(Cl)c(Br)c1O. The largest absolute Gasteiger partial charge is 0.506 e. The molecule has 0 saturated carbocycles. The number of hydrogen-bond donors (Lipinski definition) is 2. The van der Waals surface area contributed by atoms with Crippen LogP contribution >= 0.6 is 27.5 Å². The van der Waals surface area contributed by atoms with Gasteiger partial charge in [-0.15, -0.1) is 0 Å². The van der Waals surface area contributed by atoms with E-state index in [1.807, 2.05) is 0 Å². The highest BCUT2D eigenvalue weighted by Crippen LogP contribution is 2.42. The van der Waals surface area contributed by atoms with E-state index in [2.05, 4.69) is 15.9 Å². The molecule has 0 bridgehead atoms. The number of rotatable bonds is 3. The summed E-state index contributed by atoms with van der Waals surface area (Å²) < 4.78 is 5.07. The lowest BCUT2D eigenvalue weighted by Gasteiger charge is -2.29. The molecule has 4 nitrogen and oxygen atoms in total. The van der Waals surface area contributed by atoms with Crippen LogP contribution in [0.15, 0.2) is 16.6 Å². The van der Waals surface area contributed by atoms with Gasteiger partial charge in [-0.1, -0.05) is 17.7 Å². The second-order valence-corrected chi connectivity index (χ2v) is 5.69. The van der Waals surface area contributed by atoms with E-state index in [0.717, 1.165) is 0 Å². The van der Waals surface area contributed by atoms with Gasteiger partial charge in [0, 0.05) is 11.6 Å². The molecule has 18 heavy (non-hydrogen) atoms. The molecule has 0 radical (unpaired) electrons. The van der Waals surface area contributed by atoms with Gasteiger partial charge in [0.25, 0.3) is 0 Å². The predicted molar refractivity (Wildman–Crippen MR) is 73.5 cm³/mol. The van der Waals surface area contributed by atoms with Gasteiger partial charge in [-0.2, -0.15) is 0 Å². The Morgan fingerprint density at radius 1 is 1.56 bits per heavy atom. The summed E-state index contributed by atoms with van der Waals surface area (Å²) in [5.74, 6) is -0.507. The lowest BCUT2D eigenvalue weighted by atomic mass is 9.81.